The Hall–Kier alpha value is -1.37. The smallest absolute Gasteiger partial charge is 0.395 e. The van der Waals surface area contributed by atoms with Crippen LogP contribution in [0.4, 0.5) is 17.6 Å². The zero-order chi connectivity index (χ0) is 14.4. The van der Waals surface area contributed by atoms with Crippen molar-refractivity contribution >= 4 is 26.8 Å². The number of fused-ring (bicyclic) bond motifs is 1. The highest BCUT2D eigenvalue weighted by Crippen LogP contribution is 2.39. The normalized spacial score (nSPS) is 13.8. The van der Waals surface area contributed by atoms with Gasteiger partial charge in [0.25, 0.3) is 0 Å². The fraction of sp³-hybridized carbons (Fsp3) is 0.250. The van der Waals surface area contributed by atoms with Crippen LogP contribution in [0.25, 0.3) is 10.9 Å². The van der Waals surface area contributed by atoms with Crippen molar-refractivity contribution in [2.24, 2.45) is 0 Å². The van der Waals surface area contributed by atoms with E-state index in [-0.39, 0.29) is 20.9 Å². The molecule has 1 unspecified atom stereocenters. The van der Waals surface area contributed by atoms with Crippen LogP contribution in [0.15, 0.2) is 22.7 Å². The molecule has 1 N–H and O–H groups in total. The molecule has 0 aliphatic rings. The molecule has 1 aromatic carbocycles. The molecule has 0 fully saturated rings. The summed E-state index contributed by atoms with van der Waals surface area (Å²) in [5, 5.41) is 9.52. The number of aromatic hydroxyl groups is 1. The van der Waals surface area contributed by atoms with Crippen LogP contribution in [-0.2, 0) is 0 Å². The molecule has 1 atom stereocenters. The van der Waals surface area contributed by atoms with Gasteiger partial charge in [0.05, 0.1) is 15.9 Å². The second-order valence-electron chi connectivity index (χ2n) is 4.12. The van der Waals surface area contributed by atoms with E-state index >= 15 is 0 Å². The lowest BCUT2D eigenvalue weighted by molar-refractivity contribution is -0.146. The van der Waals surface area contributed by atoms with Crippen LogP contribution < -0.4 is 0 Å². The molecular weight excluding hydrogens is 330 g/mol. The number of rotatable bonds is 1. The van der Waals surface area contributed by atoms with Gasteiger partial charge in [0, 0.05) is 17.5 Å². The Morgan fingerprint density at radius 3 is 2.47 bits per heavy atom. The van der Waals surface area contributed by atoms with E-state index in [0.717, 1.165) is 19.1 Å². The van der Waals surface area contributed by atoms with Crippen molar-refractivity contribution in [3.8, 4) is 5.88 Å². The predicted molar refractivity (Wildman–Crippen MR) is 65.5 cm³/mol. The van der Waals surface area contributed by atoms with Crippen LogP contribution in [0, 0.1) is 5.82 Å². The Balaban J connectivity index is 2.76. The molecule has 0 aliphatic heterocycles. The van der Waals surface area contributed by atoms with Crippen molar-refractivity contribution in [1.29, 1.82) is 0 Å². The quantitative estimate of drug-likeness (QED) is 0.777. The third-order valence-electron chi connectivity index (χ3n) is 2.83. The zero-order valence-electron chi connectivity index (χ0n) is 9.59. The second kappa shape index (κ2) is 4.63. The average molecular weight is 338 g/mol. The van der Waals surface area contributed by atoms with Gasteiger partial charge in [-0.2, -0.15) is 13.2 Å². The van der Waals surface area contributed by atoms with Crippen LogP contribution in [0.5, 0.6) is 5.88 Å². The van der Waals surface area contributed by atoms with Gasteiger partial charge in [0.2, 0.25) is 5.88 Å². The molecule has 0 bridgehead atoms. The largest absolute Gasteiger partial charge is 0.493 e. The van der Waals surface area contributed by atoms with Gasteiger partial charge in [0.1, 0.15) is 5.82 Å². The highest BCUT2D eigenvalue weighted by atomic mass is 79.9. The van der Waals surface area contributed by atoms with E-state index in [2.05, 4.69) is 20.9 Å². The Bertz CT molecular complexity index is 642. The van der Waals surface area contributed by atoms with Gasteiger partial charge in [-0.05, 0) is 34.5 Å². The van der Waals surface area contributed by atoms with Crippen molar-refractivity contribution in [2.75, 3.05) is 0 Å². The number of benzene rings is 1. The lowest BCUT2D eigenvalue weighted by Crippen LogP contribution is -2.18. The number of pyridine rings is 1. The number of hydrogen-bond acceptors (Lipinski definition) is 2. The summed E-state index contributed by atoms with van der Waals surface area (Å²) in [7, 11) is 0. The first-order chi connectivity index (χ1) is 8.70. The van der Waals surface area contributed by atoms with Gasteiger partial charge in [-0.3, -0.25) is 0 Å². The molecule has 0 amide bonds. The van der Waals surface area contributed by atoms with Crippen molar-refractivity contribution in [2.45, 2.75) is 19.0 Å². The van der Waals surface area contributed by atoms with Crippen molar-refractivity contribution < 1.29 is 22.7 Å². The van der Waals surface area contributed by atoms with Crippen LogP contribution >= 0.6 is 15.9 Å². The second-order valence-corrected chi connectivity index (χ2v) is 4.97. The molecule has 2 aromatic rings. The van der Waals surface area contributed by atoms with Gasteiger partial charge in [-0.25, -0.2) is 9.37 Å². The average Bonchev–Trinajstić information content (AvgIpc) is 2.28. The maximum absolute atomic E-state index is 13.4. The molecule has 19 heavy (non-hydrogen) atoms. The highest BCUT2D eigenvalue weighted by Gasteiger charge is 2.38. The molecule has 0 spiro atoms. The lowest BCUT2D eigenvalue weighted by atomic mass is 9.96. The molecule has 2 nitrogen and oxygen atoms in total. The first-order valence-electron chi connectivity index (χ1n) is 5.25. The highest BCUT2D eigenvalue weighted by molar-refractivity contribution is 9.10. The minimum Gasteiger partial charge on any atom is -0.493 e. The summed E-state index contributed by atoms with van der Waals surface area (Å²) in [4.78, 5) is 3.63. The Labute approximate surface area is 114 Å². The minimum atomic E-state index is -4.46. The summed E-state index contributed by atoms with van der Waals surface area (Å²) >= 11 is 2.92. The van der Waals surface area contributed by atoms with Crippen molar-refractivity contribution in [1.82, 2.24) is 4.98 Å². The zero-order valence-corrected chi connectivity index (χ0v) is 11.2. The van der Waals surface area contributed by atoms with Crippen molar-refractivity contribution in [3.05, 3.63) is 34.1 Å². The maximum Gasteiger partial charge on any atom is 0.395 e. The summed E-state index contributed by atoms with van der Waals surface area (Å²) in [5.74, 6) is -3.02. The van der Waals surface area contributed by atoms with Gasteiger partial charge in [0.15, 0.2) is 0 Å². The van der Waals surface area contributed by atoms with E-state index in [1.165, 1.54) is 6.07 Å². The summed E-state index contributed by atoms with van der Waals surface area (Å²) in [6, 6.07) is 3.16. The first-order valence-corrected chi connectivity index (χ1v) is 6.05. The Morgan fingerprint density at radius 2 is 1.89 bits per heavy atom. The fourth-order valence-corrected chi connectivity index (χ4v) is 2.11. The topological polar surface area (TPSA) is 33.1 Å². The molecule has 1 heterocycles. The molecule has 0 radical (unpaired) electrons. The standard InChI is InChI=1S/C12H8BrF4NO/c1-5(12(15,16)17)6-3-11(19)18-10-4-9(14)8(13)2-7(6)10/h2-5H,1H3,(H,18,19). The molecule has 7 heteroatoms. The number of alkyl halides is 3. The maximum atomic E-state index is 13.4. The molecular formula is C12H8BrF4NO. The van der Waals surface area contributed by atoms with Crippen LogP contribution in [-0.4, -0.2) is 16.3 Å². The third-order valence-corrected chi connectivity index (χ3v) is 3.43. The summed E-state index contributed by atoms with van der Waals surface area (Å²) in [6.45, 7) is 0.978. The number of nitrogens with zero attached hydrogens (tertiary/aromatic N) is 1. The van der Waals surface area contributed by atoms with E-state index in [1.807, 2.05) is 0 Å². The van der Waals surface area contributed by atoms with E-state index in [0.29, 0.717) is 0 Å². The fourth-order valence-electron chi connectivity index (χ4n) is 1.77. The Morgan fingerprint density at radius 1 is 1.26 bits per heavy atom. The molecule has 2 rings (SSSR count). The number of hydrogen-bond donors (Lipinski definition) is 1. The molecule has 0 aliphatic carbocycles. The van der Waals surface area contributed by atoms with E-state index in [1.54, 1.807) is 0 Å². The summed E-state index contributed by atoms with van der Waals surface area (Å²) < 4.78 is 51.8. The molecule has 1 aromatic heterocycles. The summed E-state index contributed by atoms with van der Waals surface area (Å²) in [5.41, 5.74) is -0.164. The minimum absolute atomic E-state index is 0.0215. The van der Waals surface area contributed by atoms with Crippen LogP contribution in [0.1, 0.15) is 18.4 Å². The van der Waals surface area contributed by atoms with Gasteiger partial charge < -0.3 is 5.11 Å². The monoisotopic (exact) mass is 337 g/mol. The van der Waals surface area contributed by atoms with Crippen LogP contribution in [0.3, 0.4) is 0 Å². The Kier molecular flexibility index (Phi) is 3.42. The SMILES string of the molecule is CC(c1cc(O)nc2cc(F)c(Br)cc12)C(F)(F)F. The van der Waals surface area contributed by atoms with Crippen molar-refractivity contribution in [3.63, 3.8) is 0 Å². The number of aromatic nitrogens is 1. The van der Waals surface area contributed by atoms with Gasteiger partial charge in [-0.1, -0.05) is 0 Å². The van der Waals surface area contributed by atoms with E-state index in [9.17, 15) is 22.7 Å². The van der Waals surface area contributed by atoms with E-state index < -0.39 is 23.8 Å². The van der Waals surface area contributed by atoms with Crippen LogP contribution in [0.2, 0.25) is 0 Å². The molecule has 0 saturated carbocycles. The number of halogens is 5. The molecule has 102 valence electrons. The van der Waals surface area contributed by atoms with Gasteiger partial charge in [-0.15, -0.1) is 0 Å². The first kappa shape index (κ1) is 14.0. The lowest BCUT2D eigenvalue weighted by Gasteiger charge is -2.18. The molecule has 0 saturated heterocycles. The predicted octanol–water partition coefficient (Wildman–Crippen LogP) is 4.51. The van der Waals surface area contributed by atoms with E-state index in [4.69, 9.17) is 0 Å². The third kappa shape index (κ3) is 2.65. The summed E-state index contributed by atoms with van der Waals surface area (Å²) in [6.07, 6.45) is -4.46. The van der Waals surface area contributed by atoms with Gasteiger partial charge >= 0.3 is 6.18 Å².